The van der Waals surface area contributed by atoms with Crippen molar-refractivity contribution in [3.05, 3.63) is 33.5 Å². The minimum Gasteiger partial charge on any atom is -0.461 e. The van der Waals surface area contributed by atoms with E-state index in [1.165, 1.54) is 11.3 Å². The Hall–Kier alpha value is -1.55. The molecule has 2 aromatic rings. The highest BCUT2D eigenvalue weighted by atomic mass is 127. The van der Waals surface area contributed by atoms with Crippen molar-refractivity contribution in [2.75, 3.05) is 11.9 Å². The van der Waals surface area contributed by atoms with E-state index in [0.717, 1.165) is 9.13 Å². The van der Waals surface area contributed by atoms with Gasteiger partial charge in [0, 0.05) is 9.13 Å². The molecular formula is C16H14FIN2O3S. The van der Waals surface area contributed by atoms with Crippen LogP contribution >= 0.6 is 33.9 Å². The fraction of sp³-hybridized carbons (Fsp3) is 0.312. The van der Waals surface area contributed by atoms with Crippen LogP contribution in [0.1, 0.15) is 23.8 Å². The summed E-state index contributed by atoms with van der Waals surface area (Å²) in [6.45, 7) is 1.90. The Morgan fingerprint density at radius 1 is 1.50 bits per heavy atom. The molecule has 1 aromatic heterocycles. The first-order valence-corrected chi connectivity index (χ1v) is 9.28. The number of alkyl halides is 1. The van der Waals surface area contributed by atoms with Gasteiger partial charge in [0.05, 0.1) is 12.5 Å². The molecule has 0 radical (unpaired) electrons. The minimum atomic E-state index is -1.10. The lowest BCUT2D eigenvalue weighted by atomic mass is 10.2. The average molecular weight is 460 g/mol. The lowest BCUT2D eigenvalue weighted by Gasteiger charge is -2.03. The number of carbonyl (C=O) groups excluding carboxylic acids is 2. The summed E-state index contributed by atoms with van der Waals surface area (Å²) in [6.07, 6.45) is -0.873. The number of halogens is 2. The van der Waals surface area contributed by atoms with Crippen LogP contribution in [0, 0.1) is 9.49 Å². The highest BCUT2D eigenvalue weighted by molar-refractivity contribution is 14.1. The third-order valence-electron chi connectivity index (χ3n) is 3.45. The zero-order valence-electron chi connectivity index (χ0n) is 12.7. The standard InChI is InChI=1S/C16H14FIN2O3S/c1-2-23-16(22)12-15(20-13(21)10-7-11(10)17)24-14(19-12)8-4-3-5-9(18)6-8/h3-6,10-11H,2,7H2,1H3,(H,20,21)/t10-,11+/m1/s1. The number of nitrogens with one attached hydrogen (secondary N) is 1. The zero-order chi connectivity index (χ0) is 17.3. The lowest BCUT2D eigenvalue weighted by Crippen LogP contribution is -2.17. The number of rotatable bonds is 5. The van der Waals surface area contributed by atoms with Crippen LogP contribution in [-0.4, -0.2) is 29.6 Å². The van der Waals surface area contributed by atoms with Crippen LogP contribution in [0.4, 0.5) is 9.39 Å². The van der Waals surface area contributed by atoms with Crippen molar-refractivity contribution >= 4 is 50.8 Å². The number of hydrogen-bond acceptors (Lipinski definition) is 5. The summed E-state index contributed by atoms with van der Waals surface area (Å²) in [7, 11) is 0. The van der Waals surface area contributed by atoms with Gasteiger partial charge >= 0.3 is 5.97 Å². The molecule has 1 saturated carbocycles. The summed E-state index contributed by atoms with van der Waals surface area (Å²) in [5.74, 6) is -1.66. The number of benzene rings is 1. The number of anilines is 1. The quantitative estimate of drug-likeness (QED) is 0.543. The fourth-order valence-electron chi connectivity index (χ4n) is 2.13. The Morgan fingerprint density at radius 3 is 2.88 bits per heavy atom. The molecule has 2 atom stereocenters. The van der Waals surface area contributed by atoms with Gasteiger partial charge in [-0.1, -0.05) is 23.5 Å². The maximum absolute atomic E-state index is 13.1. The van der Waals surface area contributed by atoms with Gasteiger partial charge in [-0.25, -0.2) is 14.2 Å². The first-order chi connectivity index (χ1) is 11.5. The number of carbonyl (C=O) groups is 2. The van der Waals surface area contributed by atoms with Crippen LogP contribution in [0.15, 0.2) is 24.3 Å². The first-order valence-electron chi connectivity index (χ1n) is 7.38. The monoisotopic (exact) mass is 460 g/mol. The molecule has 0 unspecified atom stereocenters. The molecule has 3 rings (SSSR count). The number of amides is 1. The van der Waals surface area contributed by atoms with Crippen LogP contribution < -0.4 is 5.32 Å². The molecule has 0 aliphatic heterocycles. The molecule has 0 spiro atoms. The zero-order valence-corrected chi connectivity index (χ0v) is 15.7. The smallest absolute Gasteiger partial charge is 0.360 e. The van der Waals surface area contributed by atoms with Gasteiger partial charge in [-0.15, -0.1) is 0 Å². The van der Waals surface area contributed by atoms with Gasteiger partial charge in [0.1, 0.15) is 16.2 Å². The summed E-state index contributed by atoms with van der Waals surface area (Å²) >= 11 is 3.37. The lowest BCUT2D eigenvalue weighted by molar-refractivity contribution is -0.117. The second-order valence-corrected chi connectivity index (χ2v) is 7.52. The highest BCUT2D eigenvalue weighted by Gasteiger charge is 2.44. The Morgan fingerprint density at radius 2 is 2.25 bits per heavy atom. The van der Waals surface area contributed by atoms with Crippen molar-refractivity contribution in [2.24, 2.45) is 5.92 Å². The van der Waals surface area contributed by atoms with E-state index in [1.807, 2.05) is 24.3 Å². The number of esters is 1. The second kappa shape index (κ2) is 7.14. The van der Waals surface area contributed by atoms with Gasteiger partial charge < -0.3 is 10.1 Å². The third kappa shape index (κ3) is 3.75. The molecule has 126 valence electrons. The number of thiazole rings is 1. The van der Waals surface area contributed by atoms with Crippen LogP contribution in [0.3, 0.4) is 0 Å². The van der Waals surface area contributed by atoms with Gasteiger partial charge in [0.15, 0.2) is 5.69 Å². The van der Waals surface area contributed by atoms with E-state index in [4.69, 9.17) is 4.74 Å². The number of nitrogens with zero attached hydrogens (tertiary/aromatic N) is 1. The second-order valence-electron chi connectivity index (χ2n) is 5.28. The van der Waals surface area contributed by atoms with Crippen LogP contribution in [0.2, 0.25) is 0 Å². The molecule has 1 amide bonds. The molecule has 1 fully saturated rings. The molecule has 1 aliphatic carbocycles. The van der Waals surface area contributed by atoms with Crippen molar-refractivity contribution in [2.45, 2.75) is 19.5 Å². The van der Waals surface area contributed by atoms with Crippen molar-refractivity contribution < 1.29 is 18.7 Å². The Balaban J connectivity index is 1.92. The van der Waals surface area contributed by atoms with Crippen molar-refractivity contribution in [3.63, 3.8) is 0 Å². The number of ether oxygens (including phenoxy) is 1. The molecule has 1 aliphatic rings. The molecule has 5 nitrogen and oxygen atoms in total. The molecule has 1 heterocycles. The van der Waals surface area contributed by atoms with Gasteiger partial charge in [0.2, 0.25) is 5.91 Å². The van der Waals surface area contributed by atoms with Gasteiger partial charge in [0.25, 0.3) is 0 Å². The van der Waals surface area contributed by atoms with Crippen molar-refractivity contribution in [3.8, 4) is 10.6 Å². The topological polar surface area (TPSA) is 68.3 Å². The first kappa shape index (κ1) is 17.3. The van der Waals surface area contributed by atoms with Crippen molar-refractivity contribution in [1.82, 2.24) is 4.98 Å². The molecule has 1 aromatic carbocycles. The number of hydrogen-bond donors (Lipinski definition) is 1. The van der Waals surface area contributed by atoms with Gasteiger partial charge in [-0.05, 0) is 48.1 Å². The molecule has 8 heteroatoms. The molecule has 1 N–H and O–H groups in total. The highest BCUT2D eigenvalue weighted by Crippen LogP contribution is 2.37. The Bertz CT molecular complexity index is 795. The summed E-state index contributed by atoms with van der Waals surface area (Å²) in [4.78, 5) is 28.4. The molecule has 0 bridgehead atoms. The average Bonchev–Trinajstić information content (AvgIpc) is 3.13. The van der Waals surface area contributed by atoms with Crippen LogP contribution in [0.25, 0.3) is 10.6 Å². The van der Waals surface area contributed by atoms with E-state index in [1.54, 1.807) is 6.92 Å². The van der Waals surface area contributed by atoms with Gasteiger partial charge in [-0.2, -0.15) is 0 Å². The van der Waals surface area contributed by atoms with Gasteiger partial charge in [-0.3, -0.25) is 4.79 Å². The predicted octanol–water partition coefficient (Wildman–Crippen LogP) is 3.89. The summed E-state index contributed by atoms with van der Waals surface area (Å²) in [5.41, 5.74) is 0.896. The fourth-order valence-corrected chi connectivity index (χ4v) is 3.62. The van der Waals surface area contributed by atoms with E-state index in [9.17, 15) is 14.0 Å². The molecular weight excluding hydrogens is 446 g/mol. The maximum atomic E-state index is 13.1. The summed E-state index contributed by atoms with van der Waals surface area (Å²) in [6, 6.07) is 7.64. The summed E-state index contributed by atoms with van der Waals surface area (Å²) in [5, 5.41) is 3.52. The van der Waals surface area contributed by atoms with Crippen LogP contribution in [-0.2, 0) is 9.53 Å². The third-order valence-corrected chi connectivity index (χ3v) is 5.14. The van der Waals surface area contributed by atoms with Crippen LogP contribution in [0.5, 0.6) is 0 Å². The largest absolute Gasteiger partial charge is 0.461 e. The Kier molecular flexibility index (Phi) is 5.14. The van der Waals surface area contributed by atoms with E-state index < -0.39 is 24.0 Å². The van der Waals surface area contributed by atoms with E-state index in [-0.39, 0.29) is 18.7 Å². The van der Waals surface area contributed by atoms with E-state index in [2.05, 4.69) is 32.9 Å². The number of aromatic nitrogens is 1. The molecule has 24 heavy (non-hydrogen) atoms. The predicted molar refractivity (Wildman–Crippen MR) is 97.9 cm³/mol. The molecule has 0 saturated heterocycles. The van der Waals surface area contributed by atoms with E-state index >= 15 is 0 Å². The minimum absolute atomic E-state index is 0.0557. The Labute approximate surface area is 155 Å². The normalized spacial score (nSPS) is 19.0. The van der Waals surface area contributed by atoms with Crippen molar-refractivity contribution in [1.29, 1.82) is 0 Å². The summed E-state index contributed by atoms with van der Waals surface area (Å²) < 4.78 is 19.1. The van der Waals surface area contributed by atoms with E-state index in [0.29, 0.717) is 10.0 Å². The SMILES string of the molecule is CCOC(=O)c1nc(-c2cccc(I)c2)sc1NC(=O)[C@@H]1C[C@@H]1F. The maximum Gasteiger partial charge on any atom is 0.360 e.